The number of fused-ring (bicyclic) bond motifs is 2. The van der Waals surface area contributed by atoms with E-state index in [9.17, 15) is 4.79 Å². The summed E-state index contributed by atoms with van der Waals surface area (Å²) in [5, 5.41) is 5.40. The molecule has 3 aromatic heterocycles. The van der Waals surface area contributed by atoms with Crippen LogP contribution < -0.4 is 10.5 Å². The highest BCUT2D eigenvalue weighted by molar-refractivity contribution is 6.01. The van der Waals surface area contributed by atoms with Crippen LogP contribution in [0.5, 0.6) is 5.88 Å². The molecule has 0 unspecified atom stereocenters. The van der Waals surface area contributed by atoms with Gasteiger partial charge in [-0.3, -0.25) is 14.7 Å². The molecule has 4 heterocycles. The lowest BCUT2D eigenvalue weighted by atomic mass is 10.1. The van der Waals surface area contributed by atoms with Gasteiger partial charge in [-0.25, -0.2) is 0 Å². The van der Waals surface area contributed by atoms with E-state index in [1.807, 2.05) is 30.3 Å². The maximum Gasteiger partial charge on any atom is 0.230 e. The van der Waals surface area contributed by atoms with Crippen molar-refractivity contribution in [3.63, 3.8) is 0 Å². The van der Waals surface area contributed by atoms with E-state index in [-0.39, 0.29) is 23.0 Å². The van der Waals surface area contributed by atoms with Gasteiger partial charge in [0.05, 0.1) is 24.9 Å². The van der Waals surface area contributed by atoms with E-state index in [1.54, 1.807) is 12.4 Å². The third-order valence-corrected chi connectivity index (χ3v) is 5.65. The summed E-state index contributed by atoms with van der Waals surface area (Å²) < 4.78 is 12.8. The lowest BCUT2D eigenvalue weighted by Crippen LogP contribution is -2.38. The molecule has 164 valence electrons. The van der Waals surface area contributed by atoms with Gasteiger partial charge in [0, 0.05) is 42.3 Å². The number of hydrogen-bond donors (Lipinski definition) is 1. The molecule has 32 heavy (non-hydrogen) atoms. The summed E-state index contributed by atoms with van der Waals surface area (Å²) in [6.45, 7) is 5.71. The third-order valence-electron chi connectivity index (χ3n) is 5.65. The summed E-state index contributed by atoms with van der Waals surface area (Å²) in [5.41, 5.74) is 9.63. The number of ether oxygens (including phenoxy) is 2. The molecule has 0 atom stereocenters. The zero-order chi connectivity index (χ0) is 22.1. The van der Waals surface area contributed by atoms with Gasteiger partial charge in [-0.15, -0.1) is 0 Å². The topological polar surface area (TPSA) is 108 Å². The molecule has 1 aliphatic heterocycles. The Morgan fingerprint density at radius 2 is 2.03 bits per heavy atom. The van der Waals surface area contributed by atoms with E-state index >= 15 is 0 Å². The van der Waals surface area contributed by atoms with Crippen LogP contribution in [0.2, 0.25) is 0 Å². The molecule has 0 saturated carbocycles. The summed E-state index contributed by atoms with van der Waals surface area (Å²) in [6.07, 6.45) is 3.47. The highest BCUT2D eigenvalue weighted by Crippen LogP contribution is 2.31. The van der Waals surface area contributed by atoms with Crippen molar-refractivity contribution < 1.29 is 14.3 Å². The smallest absolute Gasteiger partial charge is 0.230 e. The number of rotatable bonds is 6. The fourth-order valence-corrected chi connectivity index (χ4v) is 3.95. The first-order valence-corrected chi connectivity index (χ1v) is 10.6. The number of para-hydroxylation sites is 1. The zero-order valence-corrected chi connectivity index (χ0v) is 17.8. The minimum atomic E-state index is -0.220. The number of nitrogen functional groups attached to an aromatic ring is 1. The normalized spacial score (nSPS) is 14.8. The maximum atomic E-state index is 12.3. The van der Waals surface area contributed by atoms with Crippen molar-refractivity contribution in [1.29, 1.82) is 0 Å². The van der Waals surface area contributed by atoms with Crippen LogP contribution in [-0.4, -0.2) is 69.7 Å². The molecule has 0 spiro atoms. The number of nitrogens with zero attached hydrogens (tertiary/aromatic N) is 5. The van der Waals surface area contributed by atoms with Crippen molar-refractivity contribution >= 4 is 28.2 Å². The maximum absolute atomic E-state index is 12.3. The second kappa shape index (κ2) is 8.52. The van der Waals surface area contributed by atoms with Crippen LogP contribution in [0.1, 0.15) is 17.3 Å². The number of aromatic nitrogens is 4. The predicted octanol–water partition coefficient (Wildman–Crippen LogP) is 2.44. The van der Waals surface area contributed by atoms with Crippen molar-refractivity contribution in [2.75, 3.05) is 45.2 Å². The van der Waals surface area contributed by atoms with Crippen LogP contribution in [0, 0.1) is 0 Å². The first-order valence-electron chi connectivity index (χ1n) is 10.6. The molecule has 9 heteroatoms. The molecule has 0 amide bonds. The van der Waals surface area contributed by atoms with Gasteiger partial charge in [0.25, 0.3) is 0 Å². The van der Waals surface area contributed by atoms with Gasteiger partial charge in [0.15, 0.2) is 11.4 Å². The largest absolute Gasteiger partial charge is 0.476 e. The van der Waals surface area contributed by atoms with Crippen LogP contribution in [0.25, 0.3) is 27.7 Å². The molecule has 1 aliphatic rings. The summed E-state index contributed by atoms with van der Waals surface area (Å²) in [7, 11) is 0. The van der Waals surface area contributed by atoms with Crippen LogP contribution in [0.4, 0.5) is 5.82 Å². The Hall–Kier alpha value is -3.56. The Balaban J connectivity index is 1.52. The number of nitrogens with two attached hydrogens (primary N) is 1. The average Bonchev–Trinajstić information content (AvgIpc) is 3.23. The number of hydrogen-bond acceptors (Lipinski definition) is 8. The third kappa shape index (κ3) is 3.76. The van der Waals surface area contributed by atoms with Crippen LogP contribution >= 0.6 is 0 Å². The molecule has 4 aromatic rings. The number of carbonyl (C=O) groups is 1. The standard InChI is InChI=1S/C23H24N6O3/c1-15(30)20-21(24)29-22(27-23(20)32-11-8-28-6-9-31-10-7-28)18(14-26-29)17-12-16-4-2-3-5-19(16)25-13-17/h2-5,12-14H,6-11,24H2,1H3. The van der Waals surface area contributed by atoms with Gasteiger partial charge < -0.3 is 15.2 Å². The van der Waals surface area contributed by atoms with Gasteiger partial charge in [-0.1, -0.05) is 18.2 Å². The summed E-state index contributed by atoms with van der Waals surface area (Å²) in [6, 6.07) is 9.93. The second-order valence-corrected chi connectivity index (χ2v) is 7.75. The number of anilines is 1. The molecule has 1 saturated heterocycles. The van der Waals surface area contributed by atoms with E-state index in [2.05, 4.69) is 20.0 Å². The Morgan fingerprint density at radius 3 is 2.84 bits per heavy atom. The summed E-state index contributed by atoms with van der Waals surface area (Å²) in [4.78, 5) is 23.8. The van der Waals surface area contributed by atoms with E-state index < -0.39 is 0 Å². The van der Waals surface area contributed by atoms with E-state index in [1.165, 1.54) is 11.4 Å². The van der Waals surface area contributed by atoms with Crippen LogP contribution in [-0.2, 0) is 4.74 Å². The lowest BCUT2D eigenvalue weighted by molar-refractivity contribution is 0.0319. The van der Waals surface area contributed by atoms with Gasteiger partial charge in [-0.05, 0) is 19.1 Å². The van der Waals surface area contributed by atoms with Gasteiger partial charge in [0.1, 0.15) is 18.0 Å². The Labute approximate surface area is 184 Å². The van der Waals surface area contributed by atoms with E-state index in [4.69, 9.17) is 15.2 Å². The van der Waals surface area contributed by atoms with E-state index in [0.717, 1.165) is 48.3 Å². The fourth-order valence-electron chi connectivity index (χ4n) is 3.95. The molecule has 1 fully saturated rings. The Kier molecular flexibility index (Phi) is 5.42. The number of pyridine rings is 1. The first kappa shape index (κ1) is 20.3. The predicted molar refractivity (Wildman–Crippen MR) is 121 cm³/mol. The van der Waals surface area contributed by atoms with Crippen molar-refractivity contribution in [3.05, 3.63) is 48.3 Å². The minimum Gasteiger partial charge on any atom is -0.476 e. The lowest BCUT2D eigenvalue weighted by Gasteiger charge is -2.26. The van der Waals surface area contributed by atoms with Crippen molar-refractivity contribution in [2.45, 2.75) is 6.92 Å². The molecule has 0 bridgehead atoms. The van der Waals surface area contributed by atoms with Crippen LogP contribution in [0.3, 0.4) is 0 Å². The second-order valence-electron chi connectivity index (χ2n) is 7.75. The zero-order valence-electron chi connectivity index (χ0n) is 17.8. The van der Waals surface area contributed by atoms with E-state index in [0.29, 0.717) is 18.8 Å². The molecular weight excluding hydrogens is 408 g/mol. The first-order chi connectivity index (χ1) is 15.6. The Bertz CT molecular complexity index is 1300. The number of morpholine rings is 1. The summed E-state index contributed by atoms with van der Waals surface area (Å²) >= 11 is 0. The summed E-state index contributed by atoms with van der Waals surface area (Å²) in [5.74, 6) is 0.220. The quantitative estimate of drug-likeness (QED) is 0.463. The molecule has 0 radical (unpaired) electrons. The number of carbonyl (C=O) groups excluding carboxylic acids is 1. The van der Waals surface area contributed by atoms with Gasteiger partial charge in [-0.2, -0.15) is 14.6 Å². The molecule has 5 rings (SSSR count). The number of benzene rings is 1. The Morgan fingerprint density at radius 1 is 1.22 bits per heavy atom. The van der Waals surface area contributed by atoms with Gasteiger partial charge in [0.2, 0.25) is 5.88 Å². The number of Topliss-reactive ketones (excluding diaryl/α,β-unsaturated/α-hetero) is 1. The minimum absolute atomic E-state index is 0.212. The van der Waals surface area contributed by atoms with Gasteiger partial charge >= 0.3 is 0 Å². The van der Waals surface area contributed by atoms with Crippen molar-refractivity contribution in [2.24, 2.45) is 0 Å². The SMILES string of the molecule is CC(=O)c1c(OCCN2CCOCC2)nc2c(-c3cnc4ccccc4c3)cnn2c1N. The highest BCUT2D eigenvalue weighted by atomic mass is 16.5. The molecule has 2 N–H and O–H groups in total. The highest BCUT2D eigenvalue weighted by Gasteiger charge is 2.22. The fraction of sp³-hybridized carbons (Fsp3) is 0.304. The number of ketones is 1. The molecule has 9 nitrogen and oxygen atoms in total. The molecule has 0 aliphatic carbocycles. The monoisotopic (exact) mass is 432 g/mol. The average molecular weight is 432 g/mol. The van der Waals surface area contributed by atoms with Crippen LogP contribution in [0.15, 0.2) is 42.7 Å². The van der Waals surface area contributed by atoms with Crippen molar-refractivity contribution in [3.8, 4) is 17.0 Å². The molecule has 1 aromatic carbocycles. The molecular formula is C23H24N6O3. The van der Waals surface area contributed by atoms with Crippen molar-refractivity contribution in [1.82, 2.24) is 24.5 Å².